The lowest BCUT2D eigenvalue weighted by molar-refractivity contribution is -0.645. The summed E-state index contributed by atoms with van der Waals surface area (Å²) in [4.78, 5) is 13.1. The predicted molar refractivity (Wildman–Crippen MR) is 169 cm³/mol. The quantitative estimate of drug-likeness (QED) is 0.152. The molecule has 44 heavy (non-hydrogen) atoms. The Bertz CT molecular complexity index is 1430. The van der Waals surface area contributed by atoms with Gasteiger partial charge in [0.25, 0.3) is 5.03 Å². The third-order valence-electron chi connectivity index (χ3n) is 10.2. The van der Waals surface area contributed by atoms with E-state index in [0.717, 1.165) is 64.1 Å². The van der Waals surface area contributed by atoms with Gasteiger partial charge in [0.2, 0.25) is 0 Å². The number of rotatable bonds is 8. The van der Waals surface area contributed by atoms with Crippen molar-refractivity contribution in [1.29, 1.82) is 0 Å². The molecule has 2 heterocycles. The number of ether oxygens (including phenoxy) is 2. The molecule has 1 aliphatic heterocycles. The molecule has 3 N–H and O–H groups in total. The zero-order chi connectivity index (χ0) is 30.3. The maximum atomic E-state index is 13.1. The first-order valence-electron chi connectivity index (χ1n) is 15.9. The maximum Gasteiger partial charge on any atom is 0.319 e. The van der Waals surface area contributed by atoms with Gasteiger partial charge in [-0.15, -0.1) is 0 Å². The fourth-order valence-electron chi connectivity index (χ4n) is 8.39. The molecular formula is C35H41N3O5S. The lowest BCUT2D eigenvalue weighted by atomic mass is 9.53. The van der Waals surface area contributed by atoms with Crippen LogP contribution in [0.25, 0.3) is 0 Å². The summed E-state index contributed by atoms with van der Waals surface area (Å²) in [6.45, 7) is 2.09. The van der Waals surface area contributed by atoms with Gasteiger partial charge in [-0.2, -0.15) is 4.73 Å². The monoisotopic (exact) mass is 615 g/mol. The first kappa shape index (κ1) is 29.6. The van der Waals surface area contributed by atoms with Crippen molar-refractivity contribution in [1.82, 2.24) is 5.32 Å². The van der Waals surface area contributed by atoms with Crippen molar-refractivity contribution in [2.75, 3.05) is 11.1 Å². The first-order valence-corrected chi connectivity index (χ1v) is 16.9. The number of benzene rings is 2. The van der Waals surface area contributed by atoms with Crippen LogP contribution >= 0.6 is 11.8 Å². The fourth-order valence-corrected chi connectivity index (χ4v) is 9.47. The number of aliphatic hydroxyl groups is 1. The number of anilines is 1. The molecule has 4 bridgehead atoms. The van der Waals surface area contributed by atoms with Crippen LogP contribution in [0, 0.1) is 28.9 Å². The maximum absolute atomic E-state index is 13.1. The van der Waals surface area contributed by atoms with Gasteiger partial charge in [0, 0.05) is 40.6 Å². The van der Waals surface area contributed by atoms with Gasteiger partial charge < -0.3 is 30.4 Å². The van der Waals surface area contributed by atoms with Crippen LogP contribution in [0.5, 0.6) is 0 Å². The van der Waals surface area contributed by atoms with E-state index in [-0.39, 0.29) is 36.3 Å². The summed E-state index contributed by atoms with van der Waals surface area (Å²) in [6, 6.07) is 20.8. The average molecular weight is 616 g/mol. The summed E-state index contributed by atoms with van der Waals surface area (Å²) in [5.74, 6) is 2.91. The molecule has 8 nitrogen and oxygen atoms in total. The number of aromatic nitrogens is 1. The Kier molecular flexibility index (Phi) is 8.31. The number of pyridine rings is 1. The van der Waals surface area contributed by atoms with Crippen molar-refractivity contribution in [2.45, 2.75) is 81.1 Å². The minimum atomic E-state index is -0.621. The Balaban J connectivity index is 1.04. The van der Waals surface area contributed by atoms with Crippen molar-refractivity contribution in [3.8, 4) is 0 Å². The topological polar surface area (TPSA) is 107 Å². The van der Waals surface area contributed by atoms with Crippen molar-refractivity contribution in [2.24, 2.45) is 23.7 Å². The lowest BCUT2D eigenvalue weighted by Crippen LogP contribution is -2.60. The molecule has 4 saturated carbocycles. The van der Waals surface area contributed by atoms with Crippen LogP contribution < -0.4 is 15.4 Å². The molecule has 2 aromatic carbocycles. The Morgan fingerprint density at radius 3 is 2.25 bits per heavy atom. The molecule has 5 aliphatic rings. The zero-order valence-electron chi connectivity index (χ0n) is 25.1. The highest BCUT2D eigenvalue weighted by atomic mass is 32.2. The van der Waals surface area contributed by atoms with Crippen LogP contribution in [0.4, 0.5) is 10.5 Å². The molecule has 0 spiro atoms. The Morgan fingerprint density at radius 2 is 1.61 bits per heavy atom. The number of urea groups is 1. The number of aliphatic hydroxyl groups excluding tert-OH is 1. The van der Waals surface area contributed by atoms with Gasteiger partial charge in [-0.3, -0.25) is 0 Å². The second kappa shape index (κ2) is 12.4. The molecule has 232 valence electrons. The molecule has 9 heteroatoms. The van der Waals surface area contributed by atoms with Gasteiger partial charge in [0.1, 0.15) is 0 Å². The third kappa shape index (κ3) is 6.20. The van der Waals surface area contributed by atoms with Crippen LogP contribution in [0.15, 0.2) is 78.0 Å². The van der Waals surface area contributed by atoms with Gasteiger partial charge >= 0.3 is 6.03 Å². The smallest absolute Gasteiger partial charge is 0.319 e. The van der Waals surface area contributed by atoms with E-state index in [0.29, 0.717) is 10.8 Å². The van der Waals surface area contributed by atoms with Gasteiger partial charge in [-0.05, 0) is 85.6 Å². The van der Waals surface area contributed by atoms with Crippen LogP contribution in [-0.4, -0.2) is 28.5 Å². The summed E-state index contributed by atoms with van der Waals surface area (Å²) >= 11 is 1.47. The molecule has 5 fully saturated rings. The second-order valence-corrected chi connectivity index (χ2v) is 14.4. The van der Waals surface area contributed by atoms with Gasteiger partial charge in [-0.1, -0.05) is 55.1 Å². The molecule has 1 aromatic heterocycles. The summed E-state index contributed by atoms with van der Waals surface area (Å²) in [6.07, 6.45) is 7.81. The highest BCUT2D eigenvalue weighted by molar-refractivity contribution is 7.99. The minimum Gasteiger partial charge on any atom is -0.618 e. The van der Waals surface area contributed by atoms with Crippen LogP contribution in [0.2, 0.25) is 0 Å². The number of carbonyl (C=O) groups is 1. The minimum absolute atomic E-state index is 0.0109. The number of carbonyl (C=O) groups excluding carboxylic acids is 1. The number of hydrogen-bond donors (Lipinski definition) is 3. The highest BCUT2D eigenvalue weighted by Crippen LogP contribution is 2.55. The summed E-state index contributed by atoms with van der Waals surface area (Å²) in [7, 11) is 0. The fraction of sp³-hybridized carbons (Fsp3) is 0.486. The molecule has 4 aliphatic carbocycles. The molecule has 1 saturated heterocycles. The molecule has 4 atom stereocenters. The standard InChI is InChI=1S/C35H41N3O5S/c1-22-30(21-44-31-4-2-3-13-38(31)41)42-33(43-32(22)27-7-5-23(20-39)6-8-27)28-9-11-29(12-10-28)36-34(40)37-35-17-24-14-25(18-35)16-26(15-24)19-35/h2-13,22,24-26,30,32-33,39H,14-21H2,1H3,(H2,36,37,40)/t22-,24?,25?,26?,30+,32+,33+,35?/m1/s1. The average Bonchev–Trinajstić information content (AvgIpc) is 3.01. The van der Waals surface area contributed by atoms with Crippen molar-refractivity contribution < 1.29 is 24.1 Å². The van der Waals surface area contributed by atoms with Gasteiger partial charge in [-0.25, -0.2) is 4.79 Å². The van der Waals surface area contributed by atoms with Crippen molar-refractivity contribution >= 4 is 23.5 Å². The van der Waals surface area contributed by atoms with E-state index in [4.69, 9.17) is 9.47 Å². The number of nitrogens with one attached hydrogen (secondary N) is 2. The molecule has 0 radical (unpaired) electrons. The van der Waals surface area contributed by atoms with Crippen LogP contribution in [-0.2, 0) is 16.1 Å². The van der Waals surface area contributed by atoms with Crippen LogP contribution in [0.1, 0.15) is 74.5 Å². The van der Waals surface area contributed by atoms with E-state index in [1.807, 2.05) is 60.7 Å². The van der Waals surface area contributed by atoms with Crippen molar-refractivity contribution in [3.05, 3.63) is 94.8 Å². The molecule has 8 rings (SSSR count). The van der Waals surface area contributed by atoms with E-state index in [2.05, 4.69) is 17.6 Å². The number of nitrogens with zero attached hydrogens (tertiary/aromatic N) is 1. The SMILES string of the molecule is C[C@@H]1[C@H](CSc2cccc[n+]2[O-])O[C@H](c2ccc(NC(=O)NC34CC5CC(CC(C5)C3)C4)cc2)O[C@@H]1c1ccc(CO)cc1. The predicted octanol–water partition coefficient (Wildman–Crippen LogP) is 6.49. The van der Waals surface area contributed by atoms with E-state index in [9.17, 15) is 15.1 Å². The van der Waals surface area contributed by atoms with Gasteiger partial charge in [0.15, 0.2) is 12.5 Å². The summed E-state index contributed by atoms with van der Waals surface area (Å²) in [5.41, 5.74) is 3.40. The largest absolute Gasteiger partial charge is 0.618 e. The zero-order valence-corrected chi connectivity index (χ0v) is 25.9. The number of hydrogen-bond acceptors (Lipinski definition) is 6. The molecule has 3 aromatic rings. The van der Waals surface area contributed by atoms with Crippen molar-refractivity contribution in [3.63, 3.8) is 0 Å². The highest BCUT2D eigenvalue weighted by Gasteiger charge is 2.51. The Labute approximate surface area is 263 Å². The number of thioether (sulfide) groups is 1. The Hall–Kier alpha value is -3.11. The number of amides is 2. The van der Waals surface area contributed by atoms with Crippen LogP contribution in [0.3, 0.4) is 0 Å². The summed E-state index contributed by atoms with van der Waals surface area (Å²) < 4.78 is 14.0. The van der Waals surface area contributed by atoms with E-state index >= 15 is 0 Å². The van der Waals surface area contributed by atoms with E-state index in [1.165, 1.54) is 37.2 Å². The molecule has 2 amide bonds. The first-order chi connectivity index (χ1) is 21.4. The van der Waals surface area contributed by atoms with E-state index < -0.39 is 6.29 Å². The second-order valence-electron chi connectivity index (χ2n) is 13.4. The lowest BCUT2D eigenvalue weighted by Gasteiger charge is -2.56. The Morgan fingerprint density at radius 1 is 0.955 bits per heavy atom. The van der Waals surface area contributed by atoms with Gasteiger partial charge in [0.05, 0.1) is 18.8 Å². The third-order valence-corrected chi connectivity index (χ3v) is 11.3. The summed E-state index contributed by atoms with van der Waals surface area (Å²) in [5, 5.41) is 28.9. The normalized spacial score (nSPS) is 32.4. The van der Waals surface area contributed by atoms with E-state index in [1.54, 1.807) is 6.07 Å². The molecular weight excluding hydrogens is 574 g/mol. The molecule has 0 unspecified atom stereocenters.